The van der Waals surface area contributed by atoms with E-state index in [1.165, 1.54) is 18.9 Å². The van der Waals surface area contributed by atoms with Crippen LogP contribution >= 0.6 is 0 Å². The van der Waals surface area contributed by atoms with Crippen LogP contribution in [-0.2, 0) is 19.1 Å². The van der Waals surface area contributed by atoms with Crippen LogP contribution in [0.3, 0.4) is 0 Å². The molecule has 0 saturated heterocycles. The molecule has 0 aromatic heterocycles. The number of hydrogen-bond acceptors (Lipinski definition) is 4. The van der Waals surface area contributed by atoms with Crippen molar-refractivity contribution in [1.29, 1.82) is 0 Å². The second-order valence-electron chi connectivity index (χ2n) is 11.0. The van der Waals surface area contributed by atoms with Crippen molar-refractivity contribution in [3.05, 3.63) is 11.6 Å². The average molecular weight is 403 g/mol. The van der Waals surface area contributed by atoms with Gasteiger partial charge in [0.15, 0.2) is 0 Å². The van der Waals surface area contributed by atoms with Gasteiger partial charge in [0.05, 0.1) is 0 Å². The molecule has 3 fully saturated rings. The molecule has 0 spiro atoms. The first kappa shape index (κ1) is 20.9. The fraction of sp³-hybridized carbons (Fsp3) is 0.840. The summed E-state index contributed by atoms with van der Waals surface area (Å²) < 4.78 is 11.6. The molecule has 29 heavy (non-hydrogen) atoms. The van der Waals surface area contributed by atoms with Gasteiger partial charge in [0.1, 0.15) is 11.7 Å². The molecule has 4 aliphatic carbocycles. The van der Waals surface area contributed by atoms with E-state index in [0.29, 0.717) is 23.7 Å². The first-order valence-electron chi connectivity index (χ1n) is 11.6. The van der Waals surface area contributed by atoms with Crippen LogP contribution < -0.4 is 0 Å². The summed E-state index contributed by atoms with van der Waals surface area (Å²) in [5.41, 5.74) is 1.45. The Morgan fingerprint density at radius 3 is 2.38 bits per heavy atom. The first-order chi connectivity index (χ1) is 13.5. The Morgan fingerprint density at radius 2 is 1.72 bits per heavy atom. The first-order valence-corrected chi connectivity index (χ1v) is 11.6. The molecule has 4 heteroatoms. The minimum atomic E-state index is -0.335. The molecule has 4 nitrogen and oxygen atoms in total. The molecule has 4 rings (SSSR count). The van der Waals surface area contributed by atoms with Gasteiger partial charge in [0, 0.05) is 25.7 Å². The number of fused-ring (bicyclic) bond motifs is 5. The number of carbonyl (C=O) groups excluding carboxylic acids is 2. The van der Waals surface area contributed by atoms with E-state index in [1.807, 2.05) is 0 Å². The van der Waals surface area contributed by atoms with Crippen molar-refractivity contribution in [2.24, 2.45) is 34.5 Å². The third-order valence-corrected chi connectivity index (χ3v) is 9.86. The van der Waals surface area contributed by atoms with Gasteiger partial charge in [-0.2, -0.15) is 0 Å². The van der Waals surface area contributed by atoms with Gasteiger partial charge in [-0.05, 0) is 74.5 Å². The smallest absolute Gasteiger partial charge is 0.303 e. The van der Waals surface area contributed by atoms with Gasteiger partial charge in [-0.3, -0.25) is 9.59 Å². The number of esters is 2. The maximum atomic E-state index is 11.8. The summed E-state index contributed by atoms with van der Waals surface area (Å²) in [7, 11) is 0. The Morgan fingerprint density at radius 1 is 1.03 bits per heavy atom. The predicted molar refractivity (Wildman–Crippen MR) is 112 cm³/mol. The Kier molecular flexibility index (Phi) is 4.94. The van der Waals surface area contributed by atoms with Crippen molar-refractivity contribution in [3.63, 3.8) is 0 Å². The third kappa shape index (κ3) is 2.99. The zero-order valence-electron chi connectivity index (χ0n) is 19.0. The minimum absolute atomic E-state index is 0.0333. The number of allylic oxidation sites excluding steroid dienone is 1. The lowest BCUT2D eigenvalue weighted by Gasteiger charge is -2.60. The molecular weight excluding hydrogens is 364 g/mol. The van der Waals surface area contributed by atoms with Crippen molar-refractivity contribution >= 4 is 11.9 Å². The number of rotatable bonds is 2. The number of hydrogen-bond donors (Lipinski definition) is 0. The molecule has 0 aromatic rings. The van der Waals surface area contributed by atoms with Gasteiger partial charge in [0.25, 0.3) is 0 Å². The molecule has 3 saturated carbocycles. The Labute approximate surface area is 175 Å². The van der Waals surface area contributed by atoms with E-state index in [-0.39, 0.29) is 34.5 Å². The van der Waals surface area contributed by atoms with Crippen molar-refractivity contribution in [2.45, 2.75) is 98.2 Å². The van der Waals surface area contributed by atoms with Crippen LogP contribution in [0.1, 0.15) is 86.5 Å². The Balaban J connectivity index is 1.63. The zero-order chi connectivity index (χ0) is 21.2. The van der Waals surface area contributed by atoms with E-state index >= 15 is 0 Å². The molecule has 4 aliphatic rings. The lowest BCUT2D eigenvalue weighted by Crippen LogP contribution is -2.56. The minimum Gasteiger partial charge on any atom is -0.462 e. The highest BCUT2D eigenvalue weighted by molar-refractivity contribution is 5.67. The highest BCUT2D eigenvalue weighted by atomic mass is 16.6. The summed E-state index contributed by atoms with van der Waals surface area (Å²) in [4.78, 5) is 23.3. The van der Waals surface area contributed by atoms with Crippen LogP contribution in [-0.4, -0.2) is 23.6 Å². The highest BCUT2D eigenvalue weighted by Gasteiger charge is 2.64. The molecule has 0 aromatic carbocycles. The van der Waals surface area contributed by atoms with Crippen LogP contribution in [0.15, 0.2) is 11.6 Å². The summed E-state index contributed by atoms with van der Waals surface area (Å²) >= 11 is 0. The third-order valence-electron chi connectivity index (χ3n) is 9.86. The van der Waals surface area contributed by atoms with Crippen molar-refractivity contribution < 1.29 is 19.1 Å². The number of carbonyl (C=O) groups is 2. The average Bonchev–Trinajstić information content (AvgIpc) is 2.86. The van der Waals surface area contributed by atoms with Crippen molar-refractivity contribution in [2.75, 3.05) is 0 Å². The molecule has 0 N–H and O–H groups in total. The van der Waals surface area contributed by atoms with Crippen LogP contribution in [0.5, 0.6) is 0 Å². The van der Waals surface area contributed by atoms with Gasteiger partial charge >= 0.3 is 11.9 Å². The zero-order valence-corrected chi connectivity index (χ0v) is 19.0. The number of ether oxygens (including phenoxy) is 2. The molecule has 0 radical (unpaired) electrons. The van der Waals surface area contributed by atoms with Crippen LogP contribution in [0.4, 0.5) is 0 Å². The van der Waals surface area contributed by atoms with E-state index in [0.717, 1.165) is 38.5 Å². The molecule has 0 heterocycles. The normalized spacial score (nSPS) is 48.6. The quantitative estimate of drug-likeness (QED) is 0.455. The van der Waals surface area contributed by atoms with E-state index in [9.17, 15) is 9.59 Å². The maximum absolute atomic E-state index is 11.8. The second kappa shape index (κ2) is 6.85. The lowest BCUT2D eigenvalue weighted by atomic mass is 9.45. The fourth-order valence-electron chi connectivity index (χ4n) is 8.09. The summed E-state index contributed by atoms with van der Waals surface area (Å²) in [5.74, 6) is 2.14. The highest BCUT2D eigenvalue weighted by Crippen LogP contribution is 2.68. The van der Waals surface area contributed by atoms with Crippen LogP contribution in [0, 0.1) is 34.5 Å². The molecule has 0 amide bonds. The van der Waals surface area contributed by atoms with Gasteiger partial charge in [-0.25, -0.2) is 0 Å². The van der Waals surface area contributed by atoms with E-state index in [2.05, 4.69) is 33.8 Å². The molecule has 0 aliphatic heterocycles. The van der Waals surface area contributed by atoms with E-state index in [1.54, 1.807) is 6.92 Å². The Bertz CT molecular complexity index is 741. The molecule has 0 bridgehead atoms. The predicted octanol–water partition coefficient (Wildman–Crippen LogP) is 5.45. The largest absolute Gasteiger partial charge is 0.462 e. The molecule has 8 atom stereocenters. The van der Waals surface area contributed by atoms with Gasteiger partial charge < -0.3 is 9.47 Å². The van der Waals surface area contributed by atoms with Gasteiger partial charge in [0.2, 0.25) is 0 Å². The lowest BCUT2D eigenvalue weighted by molar-refractivity contribution is -0.178. The topological polar surface area (TPSA) is 52.6 Å². The monoisotopic (exact) mass is 402 g/mol. The van der Waals surface area contributed by atoms with Gasteiger partial charge in [-0.1, -0.05) is 32.4 Å². The maximum Gasteiger partial charge on any atom is 0.303 e. The summed E-state index contributed by atoms with van der Waals surface area (Å²) in [5, 5.41) is 0. The Hall–Kier alpha value is -1.32. The van der Waals surface area contributed by atoms with Crippen LogP contribution in [0.2, 0.25) is 0 Å². The summed E-state index contributed by atoms with van der Waals surface area (Å²) in [6.45, 7) is 12.5. The summed E-state index contributed by atoms with van der Waals surface area (Å²) in [6, 6.07) is 0. The van der Waals surface area contributed by atoms with Crippen LogP contribution in [0.25, 0.3) is 0 Å². The summed E-state index contributed by atoms with van der Waals surface area (Å²) in [6.07, 6.45) is 9.97. The van der Waals surface area contributed by atoms with Crippen molar-refractivity contribution in [1.82, 2.24) is 0 Å². The van der Waals surface area contributed by atoms with Gasteiger partial charge in [-0.15, -0.1) is 0 Å². The van der Waals surface area contributed by atoms with Crippen molar-refractivity contribution in [3.8, 4) is 0 Å². The van der Waals surface area contributed by atoms with E-state index < -0.39 is 0 Å². The molecule has 0 unspecified atom stereocenters. The standard InChI is InChI=1S/C25H38O4/c1-15-13-19(28-16(2)26)14-18-7-8-20-21-10-12-24(5,29-17(3)27)23(21,4)11-9-22(20)25(15,18)6/h7,15,19-22H,8-14H2,1-6H3/t15-,19+,20+,21+,22+,23+,24+,25+/m1/s1. The van der Waals surface area contributed by atoms with E-state index in [4.69, 9.17) is 9.47 Å². The fourth-order valence-corrected chi connectivity index (χ4v) is 8.09. The second-order valence-corrected chi connectivity index (χ2v) is 11.0. The molecular formula is C25H38O4. The SMILES string of the molecule is CC(=O)O[C@@H]1CC2=CC[C@@H]3[C@H](CC[C@@]4(C)[C@H]3CC[C@]4(C)OC(C)=O)[C@@]2(C)[C@H](C)C1. The molecule has 162 valence electrons.